The lowest BCUT2D eigenvalue weighted by Crippen LogP contribution is -2.45. The van der Waals surface area contributed by atoms with Gasteiger partial charge < -0.3 is 19.3 Å². The van der Waals surface area contributed by atoms with Crippen LogP contribution >= 0.6 is 0 Å². The third kappa shape index (κ3) is 4.38. The number of aliphatic hydroxyl groups is 1. The Kier molecular flexibility index (Phi) is 5.44. The fourth-order valence-electron chi connectivity index (χ4n) is 2.11. The monoisotopic (exact) mass is 267 g/mol. The molecule has 1 saturated heterocycles. The zero-order valence-electron chi connectivity index (χ0n) is 11.2. The maximum atomic E-state index is 8.94. The average Bonchev–Trinajstić information content (AvgIpc) is 2.46. The van der Waals surface area contributed by atoms with Crippen LogP contribution in [0.3, 0.4) is 0 Å². The number of methoxy groups -OCH3 is 1. The molecule has 19 heavy (non-hydrogen) atoms. The van der Waals surface area contributed by atoms with Crippen molar-refractivity contribution in [3.8, 4) is 11.5 Å². The fraction of sp³-hybridized carbons (Fsp3) is 0.571. The van der Waals surface area contributed by atoms with Gasteiger partial charge in [-0.1, -0.05) is 6.07 Å². The molecule has 0 radical (unpaired) electrons. The van der Waals surface area contributed by atoms with Crippen LogP contribution in [-0.4, -0.2) is 62.7 Å². The standard InChI is InChI=1S/C14H21NO4/c1-17-12-3-2-4-13(9-12)19-11-14-10-15(5-7-16)6-8-18-14/h2-4,9,14,16H,5-8,10-11H2,1H3/t14-/m1/s1. The molecule has 0 bridgehead atoms. The average molecular weight is 267 g/mol. The van der Waals surface area contributed by atoms with E-state index in [4.69, 9.17) is 19.3 Å². The van der Waals surface area contributed by atoms with Crippen LogP contribution in [0.1, 0.15) is 0 Å². The highest BCUT2D eigenvalue weighted by molar-refractivity contribution is 5.32. The number of hydrogen-bond acceptors (Lipinski definition) is 5. The molecule has 5 heteroatoms. The lowest BCUT2D eigenvalue weighted by molar-refractivity contribution is -0.0508. The summed E-state index contributed by atoms with van der Waals surface area (Å²) in [6.07, 6.45) is 0.0477. The van der Waals surface area contributed by atoms with Crippen LogP contribution < -0.4 is 9.47 Å². The smallest absolute Gasteiger partial charge is 0.123 e. The van der Waals surface area contributed by atoms with E-state index < -0.39 is 0 Å². The number of rotatable bonds is 6. The summed E-state index contributed by atoms with van der Waals surface area (Å²) in [5.41, 5.74) is 0. The molecule has 1 aromatic carbocycles. The Morgan fingerprint density at radius 3 is 3.05 bits per heavy atom. The van der Waals surface area contributed by atoms with Gasteiger partial charge >= 0.3 is 0 Å². The fourth-order valence-corrected chi connectivity index (χ4v) is 2.11. The Morgan fingerprint density at radius 2 is 2.26 bits per heavy atom. The number of aliphatic hydroxyl groups excluding tert-OH is 1. The third-order valence-electron chi connectivity index (χ3n) is 3.12. The largest absolute Gasteiger partial charge is 0.497 e. The SMILES string of the molecule is COc1cccc(OC[C@H]2CN(CCO)CCO2)c1. The number of ether oxygens (including phenoxy) is 3. The van der Waals surface area contributed by atoms with Crippen LogP contribution in [-0.2, 0) is 4.74 Å². The van der Waals surface area contributed by atoms with Gasteiger partial charge in [0.2, 0.25) is 0 Å². The van der Waals surface area contributed by atoms with Crippen molar-refractivity contribution in [2.75, 3.05) is 46.6 Å². The zero-order chi connectivity index (χ0) is 13.5. The zero-order valence-corrected chi connectivity index (χ0v) is 11.2. The second-order valence-electron chi connectivity index (χ2n) is 4.51. The Balaban J connectivity index is 1.80. The van der Waals surface area contributed by atoms with Gasteiger partial charge in [-0.3, -0.25) is 4.90 Å². The van der Waals surface area contributed by atoms with Crippen molar-refractivity contribution in [1.82, 2.24) is 4.90 Å². The second-order valence-corrected chi connectivity index (χ2v) is 4.51. The summed E-state index contributed by atoms with van der Waals surface area (Å²) in [6.45, 7) is 3.74. The molecule has 1 fully saturated rings. The number of hydrogen-bond donors (Lipinski definition) is 1. The van der Waals surface area contributed by atoms with Gasteiger partial charge in [0.1, 0.15) is 24.2 Å². The van der Waals surface area contributed by atoms with E-state index >= 15 is 0 Å². The highest BCUT2D eigenvalue weighted by Gasteiger charge is 2.20. The van der Waals surface area contributed by atoms with E-state index in [1.54, 1.807) is 7.11 Å². The minimum absolute atomic E-state index is 0.0477. The molecule has 1 aliphatic heterocycles. The summed E-state index contributed by atoms with van der Waals surface area (Å²) in [7, 11) is 1.64. The molecule has 1 heterocycles. The molecular formula is C14H21NO4. The number of benzene rings is 1. The van der Waals surface area contributed by atoms with Crippen LogP contribution in [0.25, 0.3) is 0 Å². The predicted octanol–water partition coefficient (Wildman–Crippen LogP) is 0.767. The lowest BCUT2D eigenvalue weighted by atomic mass is 10.3. The van der Waals surface area contributed by atoms with Crippen molar-refractivity contribution < 1.29 is 19.3 Å². The number of β-amino-alcohol motifs (C(OH)–C–C–N with tert-alkyl or cyclic N) is 1. The van der Waals surface area contributed by atoms with E-state index in [0.717, 1.165) is 24.6 Å². The van der Waals surface area contributed by atoms with Gasteiger partial charge in [-0.2, -0.15) is 0 Å². The van der Waals surface area contributed by atoms with Crippen molar-refractivity contribution in [2.45, 2.75) is 6.10 Å². The van der Waals surface area contributed by atoms with Gasteiger partial charge in [-0.05, 0) is 12.1 Å². The molecule has 0 spiro atoms. The Hall–Kier alpha value is -1.30. The van der Waals surface area contributed by atoms with E-state index in [0.29, 0.717) is 19.8 Å². The van der Waals surface area contributed by atoms with Crippen LogP contribution in [0.2, 0.25) is 0 Å². The summed E-state index contributed by atoms with van der Waals surface area (Å²) in [6, 6.07) is 7.53. The molecule has 1 aliphatic rings. The molecule has 106 valence electrons. The Morgan fingerprint density at radius 1 is 1.42 bits per heavy atom. The minimum atomic E-state index is 0.0477. The molecule has 0 aromatic heterocycles. The highest BCUT2D eigenvalue weighted by Crippen LogP contribution is 2.19. The van der Waals surface area contributed by atoms with E-state index in [9.17, 15) is 0 Å². The van der Waals surface area contributed by atoms with E-state index in [1.165, 1.54) is 0 Å². The molecule has 2 rings (SSSR count). The van der Waals surface area contributed by atoms with Gasteiger partial charge in [-0.25, -0.2) is 0 Å². The first kappa shape index (κ1) is 14.1. The maximum Gasteiger partial charge on any atom is 0.123 e. The Bertz CT molecular complexity index is 383. The molecule has 1 atom stereocenters. The molecule has 0 amide bonds. The molecule has 0 unspecified atom stereocenters. The van der Waals surface area contributed by atoms with Crippen LogP contribution in [0.5, 0.6) is 11.5 Å². The predicted molar refractivity (Wildman–Crippen MR) is 71.8 cm³/mol. The molecule has 1 N–H and O–H groups in total. The topological polar surface area (TPSA) is 51.2 Å². The molecule has 0 saturated carbocycles. The van der Waals surface area contributed by atoms with Crippen molar-refractivity contribution in [3.63, 3.8) is 0 Å². The van der Waals surface area contributed by atoms with Crippen LogP contribution in [0.4, 0.5) is 0 Å². The normalized spacial score (nSPS) is 20.2. The van der Waals surface area contributed by atoms with Crippen LogP contribution in [0, 0.1) is 0 Å². The third-order valence-corrected chi connectivity index (χ3v) is 3.12. The lowest BCUT2D eigenvalue weighted by Gasteiger charge is -2.32. The summed E-state index contributed by atoms with van der Waals surface area (Å²) in [5, 5.41) is 8.94. The van der Waals surface area contributed by atoms with Gasteiger partial charge in [0.15, 0.2) is 0 Å². The van der Waals surface area contributed by atoms with Gasteiger partial charge in [0.25, 0.3) is 0 Å². The first-order chi connectivity index (χ1) is 9.31. The summed E-state index contributed by atoms with van der Waals surface area (Å²) in [5.74, 6) is 1.56. The quantitative estimate of drug-likeness (QED) is 0.825. The summed E-state index contributed by atoms with van der Waals surface area (Å²) in [4.78, 5) is 2.18. The van der Waals surface area contributed by atoms with Gasteiger partial charge in [0.05, 0.1) is 20.3 Å². The molecule has 0 aliphatic carbocycles. The van der Waals surface area contributed by atoms with Crippen molar-refractivity contribution in [2.24, 2.45) is 0 Å². The summed E-state index contributed by atoms with van der Waals surface area (Å²) >= 11 is 0. The highest BCUT2D eigenvalue weighted by atomic mass is 16.5. The maximum absolute atomic E-state index is 8.94. The van der Waals surface area contributed by atoms with Gasteiger partial charge in [-0.15, -0.1) is 0 Å². The number of nitrogens with zero attached hydrogens (tertiary/aromatic N) is 1. The van der Waals surface area contributed by atoms with Crippen molar-refractivity contribution in [1.29, 1.82) is 0 Å². The Labute approximate surface area is 113 Å². The first-order valence-corrected chi connectivity index (χ1v) is 6.53. The van der Waals surface area contributed by atoms with E-state index in [2.05, 4.69) is 4.90 Å². The van der Waals surface area contributed by atoms with E-state index in [1.807, 2.05) is 24.3 Å². The molecule has 5 nitrogen and oxygen atoms in total. The minimum Gasteiger partial charge on any atom is -0.497 e. The molecular weight excluding hydrogens is 246 g/mol. The first-order valence-electron chi connectivity index (χ1n) is 6.53. The van der Waals surface area contributed by atoms with Gasteiger partial charge in [0, 0.05) is 25.7 Å². The van der Waals surface area contributed by atoms with Crippen molar-refractivity contribution >= 4 is 0 Å². The van der Waals surface area contributed by atoms with Crippen LogP contribution in [0.15, 0.2) is 24.3 Å². The second kappa shape index (κ2) is 7.33. The summed E-state index contributed by atoms with van der Waals surface area (Å²) < 4.78 is 16.5. The van der Waals surface area contributed by atoms with E-state index in [-0.39, 0.29) is 12.7 Å². The number of morpholine rings is 1. The molecule has 1 aromatic rings. The van der Waals surface area contributed by atoms with Crippen molar-refractivity contribution in [3.05, 3.63) is 24.3 Å².